The number of likely N-dealkylation sites (N-methyl/N-ethyl adjacent to an activating group) is 1. The van der Waals surface area contributed by atoms with E-state index in [1.54, 1.807) is 6.20 Å². The average molecular weight is 545 g/mol. The number of nitrogens with zero attached hydrogens (tertiary/aromatic N) is 5. The zero-order valence-electron chi connectivity index (χ0n) is 22.8. The van der Waals surface area contributed by atoms with Crippen LogP contribution in [0.4, 0.5) is 19.1 Å². The van der Waals surface area contributed by atoms with Crippen molar-refractivity contribution in [2.24, 2.45) is 0 Å². The Labute approximate surface area is 228 Å². The second kappa shape index (κ2) is 11.8. The number of piperazine rings is 1. The highest BCUT2D eigenvalue weighted by molar-refractivity contribution is 5.94. The first-order valence-corrected chi connectivity index (χ1v) is 14.1. The molecule has 3 aromatic rings. The van der Waals surface area contributed by atoms with E-state index in [-0.39, 0.29) is 24.6 Å². The number of alkyl halides is 3. The van der Waals surface area contributed by atoms with Crippen molar-refractivity contribution in [1.29, 1.82) is 0 Å². The topological polar surface area (TPSA) is 69.5 Å². The van der Waals surface area contributed by atoms with Crippen LogP contribution in [-0.4, -0.2) is 81.0 Å². The Kier molecular flexibility index (Phi) is 8.44. The summed E-state index contributed by atoms with van der Waals surface area (Å²) in [5.41, 5.74) is 4.06. The van der Waals surface area contributed by atoms with E-state index >= 15 is 0 Å². The molecular weight excluding hydrogens is 505 g/mol. The molecule has 0 amide bonds. The monoisotopic (exact) mass is 544 g/mol. The normalized spacial score (nSPS) is 22.3. The van der Waals surface area contributed by atoms with E-state index in [1.807, 2.05) is 0 Å². The Morgan fingerprint density at radius 1 is 1.05 bits per heavy atom. The third-order valence-corrected chi connectivity index (χ3v) is 8.43. The summed E-state index contributed by atoms with van der Waals surface area (Å²) in [7, 11) is 0. The first-order valence-electron chi connectivity index (χ1n) is 14.1. The van der Waals surface area contributed by atoms with Gasteiger partial charge in [-0.3, -0.25) is 4.90 Å². The highest BCUT2D eigenvalue weighted by atomic mass is 19.4. The zero-order chi connectivity index (χ0) is 27.6. The molecular formula is C29H39F3N6O. The summed E-state index contributed by atoms with van der Waals surface area (Å²) in [4.78, 5) is 14.0. The predicted octanol–water partition coefficient (Wildman–Crippen LogP) is 5.64. The first kappa shape index (κ1) is 27.9. The molecule has 1 saturated heterocycles. The number of fused-ring (bicyclic) bond motifs is 1. The molecule has 0 radical (unpaired) electrons. The molecule has 3 heterocycles. The van der Waals surface area contributed by atoms with Gasteiger partial charge in [-0.2, -0.15) is 18.2 Å². The predicted molar refractivity (Wildman–Crippen MR) is 148 cm³/mol. The molecule has 1 aromatic carbocycles. The van der Waals surface area contributed by atoms with Gasteiger partial charge in [0.05, 0.1) is 12.5 Å². The van der Waals surface area contributed by atoms with Gasteiger partial charge >= 0.3 is 6.18 Å². The standard InChI is InChI=1S/C29H39F3N6O/c1-3-36-14-16-37(17-15-36)20(2)21-4-6-22(7-5-21)26-19-38(23-8-10-24(39)11-9-23)27-25(26)18-34-28(35-27)33-13-12-29(30,31)32/h4-7,18-20,23-24,39H,3,8-17H2,1-2H3,(H,33,34,35)/t20-,23-,24-/m1/s1. The number of halogens is 3. The van der Waals surface area contributed by atoms with E-state index in [2.05, 4.69) is 74.0 Å². The highest BCUT2D eigenvalue weighted by Crippen LogP contribution is 2.37. The summed E-state index contributed by atoms with van der Waals surface area (Å²) < 4.78 is 40.1. The Hall–Kier alpha value is -2.69. The number of rotatable bonds is 8. The van der Waals surface area contributed by atoms with Gasteiger partial charge in [0.25, 0.3) is 0 Å². The fourth-order valence-electron chi connectivity index (χ4n) is 5.89. The van der Waals surface area contributed by atoms with Gasteiger partial charge in [0, 0.05) is 68.2 Å². The number of hydrogen-bond donors (Lipinski definition) is 2. The molecule has 2 N–H and O–H groups in total. The Bertz CT molecular complexity index is 1230. The largest absolute Gasteiger partial charge is 0.393 e. The maximum absolute atomic E-state index is 12.6. The Morgan fingerprint density at radius 2 is 1.74 bits per heavy atom. The second-order valence-corrected chi connectivity index (χ2v) is 10.9. The number of hydrogen-bond acceptors (Lipinski definition) is 6. The molecule has 0 bridgehead atoms. The van der Waals surface area contributed by atoms with Gasteiger partial charge in [0.1, 0.15) is 5.65 Å². The van der Waals surface area contributed by atoms with E-state index in [0.29, 0.717) is 11.7 Å². The summed E-state index contributed by atoms with van der Waals surface area (Å²) in [6.07, 6.45) is 1.45. The van der Waals surface area contributed by atoms with Gasteiger partial charge in [-0.15, -0.1) is 0 Å². The van der Waals surface area contributed by atoms with Crippen molar-refractivity contribution in [3.63, 3.8) is 0 Å². The molecule has 2 aliphatic rings. The molecule has 2 aromatic heterocycles. The van der Waals surface area contributed by atoms with Crippen LogP contribution in [0.1, 0.15) is 63.6 Å². The van der Waals surface area contributed by atoms with Crippen LogP contribution in [0.15, 0.2) is 36.7 Å². The van der Waals surface area contributed by atoms with Crippen LogP contribution in [0.2, 0.25) is 0 Å². The van der Waals surface area contributed by atoms with Crippen molar-refractivity contribution >= 4 is 17.0 Å². The maximum Gasteiger partial charge on any atom is 0.390 e. The SMILES string of the molecule is CCN1CCN([C@H](C)c2ccc(-c3cn([C@H]4CC[C@H](O)CC4)c4nc(NCCC(F)(F)F)ncc34)cc2)CC1. The number of nitrogens with one attached hydrogen (secondary N) is 1. The fourth-order valence-corrected chi connectivity index (χ4v) is 5.89. The first-order chi connectivity index (χ1) is 18.7. The number of benzene rings is 1. The molecule has 1 saturated carbocycles. The van der Waals surface area contributed by atoms with Crippen LogP contribution in [0, 0.1) is 0 Å². The maximum atomic E-state index is 12.6. The van der Waals surface area contributed by atoms with E-state index in [9.17, 15) is 18.3 Å². The molecule has 212 valence electrons. The van der Waals surface area contributed by atoms with Crippen LogP contribution in [-0.2, 0) is 0 Å². The summed E-state index contributed by atoms with van der Waals surface area (Å²) in [5.74, 6) is 0.195. The van der Waals surface area contributed by atoms with Crippen molar-refractivity contribution in [3.05, 3.63) is 42.2 Å². The molecule has 5 rings (SSSR count). The van der Waals surface area contributed by atoms with Crippen LogP contribution in [0.3, 0.4) is 0 Å². The molecule has 10 heteroatoms. The molecule has 1 atom stereocenters. The Balaban J connectivity index is 1.40. The third-order valence-electron chi connectivity index (χ3n) is 8.43. The number of aliphatic hydroxyl groups is 1. The van der Waals surface area contributed by atoms with E-state index in [0.717, 1.165) is 74.9 Å². The quantitative estimate of drug-likeness (QED) is 0.383. The summed E-state index contributed by atoms with van der Waals surface area (Å²) in [6.45, 7) is 9.64. The molecule has 1 aliphatic heterocycles. The van der Waals surface area contributed by atoms with Crippen molar-refractivity contribution in [2.45, 2.75) is 70.3 Å². The smallest absolute Gasteiger partial charge is 0.390 e. The fraction of sp³-hybridized carbons (Fsp3) is 0.586. The van der Waals surface area contributed by atoms with Crippen LogP contribution in [0.5, 0.6) is 0 Å². The minimum atomic E-state index is -4.24. The Morgan fingerprint density at radius 3 is 2.38 bits per heavy atom. The van der Waals surface area contributed by atoms with E-state index in [1.165, 1.54) is 5.56 Å². The van der Waals surface area contributed by atoms with Crippen LogP contribution >= 0.6 is 0 Å². The minimum Gasteiger partial charge on any atom is -0.393 e. The van der Waals surface area contributed by atoms with Gasteiger partial charge in [-0.05, 0) is 50.3 Å². The second-order valence-electron chi connectivity index (χ2n) is 10.9. The van der Waals surface area contributed by atoms with Gasteiger partial charge in [-0.25, -0.2) is 4.98 Å². The average Bonchev–Trinajstić information content (AvgIpc) is 3.31. The van der Waals surface area contributed by atoms with Gasteiger partial charge in [0.2, 0.25) is 5.95 Å². The zero-order valence-corrected chi connectivity index (χ0v) is 22.8. The van der Waals surface area contributed by atoms with Gasteiger partial charge in [-0.1, -0.05) is 31.2 Å². The minimum absolute atomic E-state index is 0.170. The van der Waals surface area contributed by atoms with Crippen molar-refractivity contribution in [2.75, 3.05) is 44.6 Å². The molecule has 39 heavy (non-hydrogen) atoms. The lowest BCUT2D eigenvalue weighted by molar-refractivity contribution is -0.131. The van der Waals surface area contributed by atoms with Crippen molar-refractivity contribution in [3.8, 4) is 11.1 Å². The number of aromatic nitrogens is 3. The van der Waals surface area contributed by atoms with Crippen molar-refractivity contribution in [1.82, 2.24) is 24.3 Å². The molecule has 0 unspecified atom stereocenters. The lowest BCUT2D eigenvalue weighted by atomic mass is 9.93. The van der Waals surface area contributed by atoms with Crippen LogP contribution < -0.4 is 5.32 Å². The van der Waals surface area contributed by atoms with Crippen LogP contribution in [0.25, 0.3) is 22.2 Å². The molecule has 0 spiro atoms. The number of anilines is 1. The molecule has 2 fully saturated rings. The third kappa shape index (κ3) is 6.56. The highest BCUT2D eigenvalue weighted by Gasteiger charge is 2.27. The lowest BCUT2D eigenvalue weighted by Gasteiger charge is -2.37. The summed E-state index contributed by atoms with van der Waals surface area (Å²) >= 11 is 0. The van der Waals surface area contributed by atoms with Gasteiger partial charge < -0.3 is 19.9 Å². The summed E-state index contributed by atoms with van der Waals surface area (Å²) in [5, 5.41) is 13.6. The summed E-state index contributed by atoms with van der Waals surface area (Å²) in [6, 6.07) is 9.19. The molecule has 7 nitrogen and oxygen atoms in total. The van der Waals surface area contributed by atoms with E-state index in [4.69, 9.17) is 0 Å². The van der Waals surface area contributed by atoms with Gasteiger partial charge in [0.15, 0.2) is 0 Å². The van der Waals surface area contributed by atoms with Crippen molar-refractivity contribution < 1.29 is 18.3 Å². The molecule has 1 aliphatic carbocycles. The number of aliphatic hydroxyl groups excluding tert-OH is 1. The lowest BCUT2D eigenvalue weighted by Crippen LogP contribution is -2.46. The van der Waals surface area contributed by atoms with E-state index < -0.39 is 12.6 Å².